The van der Waals surface area contributed by atoms with Gasteiger partial charge in [0.15, 0.2) is 11.0 Å². The van der Waals surface area contributed by atoms with Gasteiger partial charge in [-0.25, -0.2) is 10.2 Å². The monoisotopic (exact) mass is 972 g/mol. The standard InChI is InChI=1S/C28H30N4O6.2Ac/c1-13(2)12-32(36)7-5-31(6-8-32)16-10-18(33)23-19(11-16)38-28-22(29)26(35)21-20(24(28)30-23)17-9-14(3)37-27(17)15(4)25(21)34;;/h9-11,13,36H,5-8,12H2,1-4H3,(H3-,29,30,33,34,35);;. The van der Waals surface area contributed by atoms with Gasteiger partial charge in [-0.15, -0.1) is 0 Å². The molecule has 1 aliphatic rings. The van der Waals surface area contributed by atoms with Crippen LogP contribution in [0, 0.1) is 108 Å². The average molecular weight is 973 g/mol. The van der Waals surface area contributed by atoms with Crippen LogP contribution in [0.25, 0.3) is 49.7 Å². The molecule has 0 bridgehead atoms. The Bertz CT molecular complexity index is 1840. The maximum atomic E-state index is 13.2. The Kier molecular flexibility index (Phi) is 9.15. The van der Waals surface area contributed by atoms with Crippen molar-refractivity contribution >= 4 is 55.3 Å². The molecule has 0 spiro atoms. The van der Waals surface area contributed by atoms with Crippen LogP contribution in [0.4, 0.5) is 11.4 Å². The van der Waals surface area contributed by atoms with Gasteiger partial charge in [-0.1, -0.05) is 19.5 Å². The SMILES string of the molecule is Cc1cc2c(o1)c(C)c(=O)c1c(O)c([NH-])c3oc4cc(N5CC[N+](O)(CC(C)C)CC5)cc(O)c4nc3c12.[Ac].[Ac]. The molecule has 1 saturated heterocycles. The molecule has 4 N–H and O–H groups in total. The van der Waals surface area contributed by atoms with Gasteiger partial charge in [0.2, 0.25) is 0 Å². The molecule has 6 rings (SSSR count). The summed E-state index contributed by atoms with van der Waals surface area (Å²) in [5.41, 5.74) is 9.83. The van der Waals surface area contributed by atoms with Crippen molar-refractivity contribution < 1.29 is 117 Å². The van der Waals surface area contributed by atoms with Crippen molar-refractivity contribution in [3.8, 4) is 11.5 Å². The maximum absolute atomic E-state index is 13.2. The molecule has 2 radical (unpaired) electrons. The minimum atomic E-state index is -0.482. The number of phenolic OH excluding ortho intramolecular Hbond substituents is 2. The second-order valence-electron chi connectivity index (χ2n) is 10.8. The molecule has 12 heteroatoms. The predicted molar refractivity (Wildman–Crippen MR) is 146 cm³/mol. The number of aromatic nitrogens is 1. The topological polar surface area (TPSA) is 144 Å². The van der Waals surface area contributed by atoms with E-state index in [1.807, 2.05) is 0 Å². The van der Waals surface area contributed by atoms with Crippen molar-refractivity contribution in [1.29, 1.82) is 0 Å². The summed E-state index contributed by atoms with van der Waals surface area (Å²) in [6, 6.07) is 5.12. The third-order valence-electron chi connectivity index (χ3n) is 7.55. The van der Waals surface area contributed by atoms with Crippen LogP contribution in [0.5, 0.6) is 11.5 Å². The number of phenols is 2. The molecule has 204 valence electrons. The summed E-state index contributed by atoms with van der Waals surface area (Å²) in [7, 11) is 0. The Balaban J connectivity index is 0.00000185. The number of quaternary nitrogens is 1. The molecule has 0 unspecified atom stereocenters. The Morgan fingerprint density at radius 3 is 2.35 bits per heavy atom. The van der Waals surface area contributed by atoms with Crippen molar-refractivity contribution in [2.24, 2.45) is 5.92 Å². The molecule has 0 amide bonds. The molecule has 1 fully saturated rings. The Morgan fingerprint density at radius 2 is 1.70 bits per heavy atom. The van der Waals surface area contributed by atoms with Crippen molar-refractivity contribution in [1.82, 2.24) is 4.98 Å². The summed E-state index contributed by atoms with van der Waals surface area (Å²) in [5, 5.41) is 33.7. The van der Waals surface area contributed by atoms with E-state index in [-0.39, 0.29) is 132 Å². The van der Waals surface area contributed by atoms with Crippen molar-refractivity contribution in [3.63, 3.8) is 0 Å². The number of anilines is 1. The zero-order valence-electron chi connectivity index (χ0n) is 22.9. The molecule has 2 aromatic heterocycles. The number of fused-ring (bicyclic) bond motifs is 6. The van der Waals surface area contributed by atoms with Crippen molar-refractivity contribution in [2.45, 2.75) is 27.7 Å². The van der Waals surface area contributed by atoms with Crippen LogP contribution in [0.1, 0.15) is 25.2 Å². The van der Waals surface area contributed by atoms with Gasteiger partial charge >= 0.3 is 0 Å². The van der Waals surface area contributed by atoms with Crippen LogP contribution in [0.15, 0.2) is 31.8 Å². The van der Waals surface area contributed by atoms with Crippen LogP contribution >= 0.6 is 0 Å². The maximum Gasteiger partial charge on any atom is 0.196 e. The zero-order valence-corrected chi connectivity index (χ0v) is 32.4. The molecular formula is C28H30Ac2N4O6. The molecule has 40 heavy (non-hydrogen) atoms. The number of nitrogens with zero attached hydrogens (tertiary/aromatic N) is 3. The van der Waals surface area contributed by atoms with Gasteiger partial charge in [0.1, 0.15) is 59.1 Å². The molecular weight excluding hydrogens is 942 g/mol. The van der Waals surface area contributed by atoms with E-state index in [0.29, 0.717) is 72.0 Å². The fourth-order valence-electron chi connectivity index (χ4n) is 5.79. The van der Waals surface area contributed by atoms with Crippen LogP contribution in [0.2, 0.25) is 0 Å². The third-order valence-corrected chi connectivity index (χ3v) is 7.55. The number of hydroxylamine groups is 3. The number of benzene rings is 3. The summed E-state index contributed by atoms with van der Waals surface area (Å²) < 4.78 is 11.9. The molecule has 3 heterocycles. The van der Waals surface area contributed by atoms with Crippen molar-refractivity contribution in [2.75, 3.05) is 37.6 Å². The quantitative estimate of drug-likeness (QED) is 0.0914. The summed E-state index contributed by atoms with van der Waals surface area (Å²) in [4.78, 5) is 19.9. The number of hydrogen-bond donors (Lipinski definition) is 3. The first-order valence-electron chi connectivity index (χ1n) is 12.7. The van der Waals surface area contributed by atoms with Crippen LogP contribution in [-0.2, 0) is 0 Å². The van der Waals surface area contributed by atoms with Gasteiger partial charge in [0, 0.05) is 128 Å². The van der Waals surface area contributed by atoms with E-state index in [2.05, 4.69) is 23.7 Å². The van der Waals surface area contributed by atoms with E-state index >= 15 is 0 Å². The minimum absolute atomic E-state index is 0. The summed E-state index contributed by atoms with van der Waals surface area (Å²) in [6.07, 6.45) is 0. The fourth-order valence-corrected chi connectivity index (χ4v) is 5.79. The van der Waals surface area contributed by atoms with E-state index in [9.17, 15) is 20.2 Å². The molecule has 1 aliphatic heterocycles. The van der Waals surface area contributed by atoms with Gasteiger partial charge in [0.05, 0.1) is 18.5 Å². The number of furan rings is 1. The van der Waals surface area contributed by atoms with E-state index < -0.39 is 11.2 Å². The molecule has 0 atom stereocenters. The van der Waals surface area contributed by atoms with Gasteiger partial charge in [-0.2, -0.15) is 4.65 Å². The Labute approximate surface area is 301 Å². The number of aryl methyl sites for hydroxylation is 2. The van der Waals surface area contributed by atoms with Gasteiger partial charge in [-0.3, -0.25) is 4.79 Å². The van der Waals surface area contributed by atoms with E-state index in [0.717, 1.165) is 0 Å². The molecule has 0 aliphatic carbocycles. The summed E-state index contributed by atoms with van der Waals surface area (Å²) >= 11 is 0. The first-order chi connectivity index (χ1) is 18.0. The van der Waals surface area contributed by atoms with E-state index in [4.69, 9.17) is 14.6 Å². The average Bonchev–Trinajstić information content (AvgIpc) is 3.25. The van der Waals surface area contributed by atoms with Crippen molar-refractivity contribution in [3.05, 3.63) is 45.5 Å². The molecule has 10 nitrogen and oxygen atoms in total. The smallest absolute Gasteiger partial charge is 0.196 e. The summed E-state index contributed by atoms with van der Waals surface area (Å²) in [5.74, 6) is 0.366. The van der Waals surface area contributed by atoms with Gasteiger partial charge in [-0.05, 0) is 19.9 Å². The molecule has 0 saturated carbocycles. The van der Waals surface area contributed by atoms with Gasteiger partial charge < -0.3 is 29.7 Å². The van der Waals surface area contributed by atoms with Gasteiger partial charge in [0.25, 0.3) is 0 Å². The van der Waals surface area contributed by atoms with Crippen LogP contribution in [-0.4, -0.2) is 57.8 Å². The summed E-state index contributed by atoms with van der Waals surface area (Å²) in [6.45, 7) is 10.5. The van der Waals surface area contributed by atoms with Crippen LogP contribution < -0.4 is 10.3 Å². The molecule has 5 aromatic rings. The number of piperazine rings is 1. The number of rotatable bonds is 3. The Hall–Kier alpha value is -1.14. The normalized spacial score (nSPS) is 15.2. The molecule has 3 aromatic carbocycles. The van der Waals surface area contributed by atoms with E-state index in [1.165, 1.54) is 0 Å². The predicted octanol–water partition coefficient (Wildman–Crippen LogP) is 5.63. The second kappa shape index (κ2) is 11.5. The second-order valence-corrected chi connectivity index (χ2v) is 10.8. The zero-order chi connectivity index (χ0) is 27.1. The number of aromatic hydroxyl groups is 2. The fraction of sp³-hybridized carbons (Fsp3) is 0.357. The van der Waals surface area contributed by atoms with Crippen LogP contribution in [0.3, 0.4) is 0 Å². The largest absolute Gasteiger partial charge is 0.693 e. The number of nitrogens with one attached hydrogen (secondary N) is 1. The number of hydrogen-bond acceptors (Lipinski definition) is 8. The third kappa shape index (κ3) is 5.16. The minimum Gasteiger partial charge on any atom is -0.693 e. The Morgan fingerprint density at radius 1 is 1.02 bits per heavy atom. The first-order valence-corrected chi connectivity index (χ1v) is 12.7. The van der Waals surface area contributed by atoms with E-state index in [1.54, 1.807) is 32.0 Å². The first kappa shape index (κ1) is 31.8.